The summed E-state index contributed by atoms with van der Waals surface area (Å²) in [6, 6.07) is 14.6. The molecule has 8 heteroatoms. The summed E-state index contributed by atoms with van der Waals surface area (Å²) in [5.74, 6) is 1.92. The first kappa shape index (κ1) is 24.8. The molecule has 3 atom stereocenters. The van der Waals surface area contributed by atoms with Crippen LogP contribution in [0.2, 0.25) is 0 Å². The van der Waals surface area contributed by atoms with Gasteiger partial charge in [-0.1, -0.05) is 36.4 Å². The first-order valence-corrected chi connectivity index (χ1v) is 13.1. The van der Waals surface area contributed by atoms with Crippen LogP contribution in [0.4, 0.5) is 0 Å². The number of aryl methyl sites for hydroxylation is 1. The Labute approximate surface area is 219 Å². The highest BCUT2D eigenvalue weighted by Crippen LogP contribution is 2.45. The molecule has 1 fully saturated rings. The van der Waals surface area contributed by atoms with Crippen molar-refractivity contribution < 1.29 is 4.74 Å². The molecule has 0 saturated carbocycles. The van der Waals surface area contributed by atoms with Gasteiger partial charge in [0.25, 0.3) is 5.56 Å². The van der Waals surface area contributed by atoms with Crippen molar-refractivity contribution in [2.24, 2.45) is 5.92 Å². The van der Waals surface area contributed by atoms with Crippen molar-refractivity contribution >= 4 is 34.0 Å². The van der Waals surface area contributed by atoms with Crippen LogP contribution in [0.25, 0.3) is 21.3 Å². The van der Waals surface area contributed by atoms with Gasteiger partial charge >= 0.3 is 5.69 Å². The van der Waals surface area contributed by atoms with Gasteiger partial charge < -0.3 is 15.0 Å². The molecule has 0 radical (unpaired) electrons. The highest BCUT2D eigenvalue weighted by Gasteiger charge is 2.40. The van der Waals surface area contributed by atoms with Gasteiger partial charge in [-0.2, -0.15) is 0 Å². The Morgan fingerprint density at radius 3 is 2.75 bits per heavy atom. The number of aromatic nitrogens is 2. The number of H-pyrrole nitrogens is 1. The number of aromatic amines is 1. The van der Waals surface area contributed by atoms with Crippen molar-refractivity contribution in [3.63, 3.8) is 0 Å². The van der Waals surface area contributed by atoms with Crippen LogP contribution in [-0.2, 0) is 13.0 Å². The molecule has 1 unspecified atom stereocenters. The maximum Gasteiger partial charge on any atom is 0.328 e. The molecule has 2 aliphatic rings. The smallest absolute Gasteiger partial charge is 0.328 e. The standard InChI is InChI=1S/C28H29N3O3S.ClH/c1-16-6-3-4-7-18(16)21-15-35-26-25(21)30-28(33)31(27(26)32)13-12-22-24-17(14-29-22)10-11-19-20(24)8-5-9-23(19)34-2;/h3-9,15,17,22,24,29H,10-14H2,1-2H3,(H,30,33);1H/t17-,22?,24+;/m0./s1. The van der Waals surface area contributed by atoms with Crippen LogP contribution in [0.3, 0.4) is 0 Å². The van der Waals surface area contributed by atoms with Crippen molar-refractivity contribution in [1.29, 1.82) is 0 Å². The van der Waals surface area contributed by atoms with Crippen molar-refractivity contribution in [3.05, 3.63) is 85.4 Å². The molecule has 36 heavy (non-hydrogen) atoms. The number of fused-ring (bicyclic) bond motifs is 4. The van der Waals surface area contributed by atoms with Crippen LogP contribution in [0, 0.1) is 12.8 Å². The lowest BCUT2D eigenvalue weighted by atomic mass is 9.73. The largest absolute Gasteiger partial charge is 0.496 e. The van der Waals surface area contributed by atoms with Crippen molar-refractivity contribution in [1.82, 2.24) is 14.9 Å². The second kappa shape index (κ2) is 9.88. The third kappa shape index (κ3) is 3.99. The van der Waals surface area contributed by atoms with Gasteiger partial charge in [0.15, 0.2) is 0 Å². The van der Waals surface area contributed by atoms with Crippen LogP contribution in [0.1, 0.15) is 35.4 Å². The van der Waals surface area contributed by atoms with E-state index in [-0.39, 0.29) is 29.7 Å². The van der Waals surface area contributed by atoms with E-state index in [1.807, 2.05) is 42.6 Å². The molecule has 1 saturated heterocycles. The van der Waals surface area contributed by atoms with E-state index in [0.717, 1.165) is 48.2 Å². The van der Waals surface area contributed by atoms with Gasteiger partial charge in [0.05, 0.1) is 12.6 Å². The van der Waals surface area contributed by atoms with Gasteiger partial charge in [-0.25, -0.2) is 4.79 Å². The highest BCUT2D eigenvalue weighted by atomic mass is 35.5. The van der Waals surface area contributed by atoms with E-state index in [1.165, 1.54) is 27.0 Å². The first-order chi connectivity index (χ1) is 17.1. The predicted molar refractivity (Wildman–Crippen MR) is 148 cm³/mol. The number of rotatable bonds is 5. The molecule has 188 valence electrons. The molecule has 3 heterocycles. The summed E-state index contributed by atoms with van der Waals surface area (Å²) in [5, 5.41) is 5.67. The van der Waals surface area contributed by atoms with E-state index in [1.54, 1.807) is 7.11 Å². The third-order valence-corrected chi connectivity index (χ3v) is 8.87. The maximum atomic E-state index is 13.4. The Hall–Kier alpha value is -2.87. The molecule has 4 aromatic rings. The van der Waals surface area contributed by atoms with Crippen molar-refractivity contribution in [2.45, 2.75) is 44.7 Å². The summed E-state index contributed by atoms with van der Waals surface area (Å²) in [6.07, 6.45) is 2.89. The Morgan fingerprint density at radius 1 is 1.11 bits per heavy atom. The van der Waals surface area contributed by atoms with E-state index in [9.17, 15) is 9.59 Å². The number of thiophene rings is 1. The third-order valence-electron chi connectivity index (χ3n) is 7.90. The topological polar surface area (TPSA) is 76.1 Å². The fraction of sp³-hybridized carbons (Fsp3) is 0.357. The van der Waals surface area contributed by atoms with E-state index < -0.39 is 0 Å². The van der Waals surface area contributed by atoms with E-state index >= 15 is 0 Å². The minimum atomic E-state index is -0.337. The Balaban J connectivity index is 0.00000267. The minimum absolute atomic E-state index is 0. The van der Waals surface area contributed by atoms with Gasteiger partial charge in [-0.15, -0.1) is 23.7 Å². The Morgan fingerprint density at radius 2 is 1.94 bits per heavy atom. The summed E-state index contributed by atoms with van der Waals surface area (Å²) in [7, 11) is 1.73. The quantitative estimate of drug-likeness (QED) is 0.391. The number of hydrogen-bond donors (Lipinski definition) is 2. The molecule has 0 spiro atoms. The molecule has 6 nitrogen and oxygen atoms in total. The summed E-state index contributed by atoms with van der Waals surface area (Å²) >= 11 is 1.41. The Bertz CT molecular complexity index is 1540. The zero-order chi connectivity index (χ0) is 24.1. The van der Waals surface area contributed by atoms with Crippen LogP contribution >= 0.6 is 23.7 Å². The zero-order valence-corrected chi connectivity index (χ0v) is 22.0. The second-order valence-corrected chi connectivity index (χ2v) is 10.6. The van der Waals surface area contributed by atoms with Crippen LogP contribution in [0.5, 0.6) is 5.75 Å². The second-order valence-electron chi connectivity index (χ2n) is 9.71. The highest BCUT2D eigenvalue weighted by molar-refractivity contribution is 7.17. The van der Waals surface area contributed by atoms with Crippen LogP contribution < -0.4 is 21.3 Å². The lowest BCUT2D eigenvalue weighted by Gasteiger charge is -2.32. The summed E-state index contributed by atoms with van der Waals surface area (Å²) in [6.45, 7) is 3.40. The molecule has 6 rings (SSSR count). The normalized spacial score (nSPS) is 20.6. The number of nitrogens with zero attached hydrogens (tertiary/aromatic N) is 1. The molecule has 2 aromatic heterocycles. The maximum absolute atomic E-state index is 13.4. The number of nitrogens with one attached hydrogen (secondary N) is 2. The SMILES string of the molecule is COc1cccc2c1CC[C@H]1CNC(CCn3c(=O)[nH]c4c(-c5ccccc5C)csc4c3=O)[C@@H]21.Cl. The van der Waals surface area contributed by atoms with Gasteiger partial charge in [0, 0.05) is 29.4 Å². The molecule has 0 bridgehead atoms. The number of methoxy groups -OCH3 is 1. The number of benzene rings is 2. The van der Waals surface area contributed by atoms with Gasteiger partial charge in [-0.05, 0) is 67.0 Å². The van der Waals surface area contributed by atoms with Crippen molar-refractivity contribution in [3.8, 4) is 16.9 Å². The predicted octanol–water partition coefficient (Wildman–Crippen LogP) is 4.87. The first-order valence-electron chi connectivity index (χ1n) is 12.3. The number of halogens is 1. The molecule has 0 amide bonds. The monoisotopic (exact) mass is 523 g/mol. The van der Waals surface area contributed by atoms with Crippen LogP contribution in [0.15, 0.2) is 57.4 Å². The molecular weight excluding hydrogens is 494 g/mol. The summed E-state index contributed by atoms with van der Waals surface area (Å²) in [5.41, 5.74) is 5.84. The lowest BCUT2D eigenvalue weighted by Crippen LogP contribution is -2.37. The Kier molecular flexibility index (Phi) is 6.81. The van der Waals surface area contributed by atoms with E-state index in [0.29, 0.717) is 28.6 Å². The fourth-order valence-electron chi connectivity index (χ4n) is 6.18. The fourth-order valence-corrected chi connectivity index (χ4v) is 7.15. The van der Waals surface area contributed by atoms with Gasteiger partial charge in [0.1, 0.15) is 10.4 Å². The average Bonchev–Trinajstić information content (AvgIpc) is 3.48. The van der Waals surface area contributed by atoms with Crippen LogP contribution in [-0.4, -0.2) is 29.2 Å². The minimum Gasteiger partial charge on any atom is -0.496 e. The molecule has 1 aliphatic heterocycles. The van der Waals surface area contributed by atoms with E-state index in [2.05, 4.69) is 22.4 Å². The average molecular weight is 524 g/mol. The zero-order valence-electron chi connectivity index (χ0n) is 20.4. The lowest BCUT2D eigenvalue weighted by molar-refractivity contribution is 0.371. The summed E-state index contributed by atoms with van der Waals surface area (Å²) in [4.78, 5) is 29.4. The molecule has 2 N–H and O–H groups in total. The molecule has 2 aromatic carbocycles. The van der Waals surface area contributed by atoms with Gasteiger partial charge in [0.2, 0.25) is 0 Å². The van der Waals surface area contributed by atoms with Gasteiger partial charge in [-0.3, -0.25) is 9.36 Å². The summed E-state index contributed by atoms with van der Waals surface area (Å²) < 4.78 is 7.61. The van der Waals surface area contributed by atoms with E-state index in [4.69, 9.17) is 4.74 Å². The molecular formula is C28H30ClN3O3S. The van der Waals surface area contributed by atoms with Crippen molar-refractivity contribution in [2.75, 3.05) is 13.7 Å². The number of hydrogen-bond acceptors (Lipinski definition) is 5. The molecule has 1 aliphatic carbocycles. The number of ether oxygens (including phenoxy) is 1.